The van der Waals surface area contributed by atoms with E-state index in [1.165, 1.54) is 0 Å². The van der Waals surface area contributed by atoms with Crippen LogP contribution in [0.15, 0.2) is 48.5 Å². The van der Waals surface area contributed by atoms with Crippen LogP contribution >= 0.6 is 0 Å². The van der Waals surface area contributed by atoms with E-state index in [-0.39, 0.29) is 11.8 Å². The van der Waals surface area contributed by atoms with Crippen molar-refractivity contribution in [1.82, 2.24) is 5.32 Å². The molecular weight excluding hydrogens is 356 g/mol. The maximum absolute atomic E-state index is 12.6. The van der Waals surface area contributed by atoms with Gasteiger partial charge in [0.1, 0.15) is 12.4 Å². The molecule has 0 spiro atoms. The summed E-state index contributed by atoms with van der Waals surface area (Å²) in [7, 11) is 0. The number of rotatable bonds is 11. The van der Waals surface area contributed by atoms with E-state index < -0.39 is 0 Å². The zero-order valence-electron chi connectivity index (χ0n) is 16.5. The van der Waals surface area contributed by atoms with Crippen LogP contribution in [-0.4, -0.2) is 38.2 Å². The summed E-state index contributed by atoms with van der Waals surface area (Å²) < 4.78 is 10.8. The topological polar surface area (TPSA) is 76.7 Å². The lowest BCUT2D eigenvalue weighted by Crippen LogP contribution is -2.26. The van der Waals surface area contributed by atoms with Crippen LogP contribution in [0.4, 0.5) is 5.69 Å². The van der Waals surface area contributed by atoms with Gasteiger partial charge in [-0.15, -0.1) is 0 Å². The van der Waals surface area contributed by atoms with Gasteiger partial charge in [0.2, 0.25) is 0 Å². The predicted molar refractivity (Wildman–Crippen MR) is 110 cm³/mol. The van der Waals surface area contributed by atoms with Crippen molar-refractivity contribution in [3.05, 3.63) is 59.7 Å². The molecule has 0 radical (unpaired) electrons. The van der Waals surface area contributed by atoms with Gasteiger partial charge in [-0.25, -0.2) is 0 Å². The van der Waals surface area contributed by atoms with E-state index >= 15 is 0 Å². The molecule has 2 aromatic rings. The summed E-state index contributed by atoms with van der Waals surface area (Å²) in [6.07, 6.45) is 1.92. The fourth-order valence-corrected chi connectivity index (χ4v) is 2.52. The third-order valence-electron chi connectivity index (χ3n) is 4.05. The minimum atomic E-state index is -0.283. The molecule has 28 heavy (non-hydrogen) atoms. The summed E-state index contributed by atoms with van der Waals surface area (Å²) in [5.74, 6) is 0.198. The highest BCUT2D eigenvalue weighted by molar-refractivity contribution is 6.09. The molecule has 0 bridgehead atoms. The second kappa shape index (κ2) is 11.8. The van der Waals surface area contributed by atoms with E-state index in [4.69, 9.17) is 9.47 Å². The van der Waals surface area contributed by atoms with Crippen LogP contribution < -0.4 is 15.4 Å². The molecule has 6 nitrogen and oxygen atoms in total. The first kappa shape index (κ1) is 21.4. The van der Waals surface area contributed by atoms with Gasteiger partial charge < -0.3 is 20.1 Å². The van der Waals surface area contributed by atoms with E-state index in [9.17, 15) is 9.59 Å². The Balaban J connectivity index is 1.98. The molecule has 2 rings (SSSR count). The Morgan fingerprint density at radius 2 is 1.68 bits per heavy atom. The van der Waals surface area contributed by atoms with Crippen molar-refractivity contribution in [2.45, 2.75) is 26.7 Å². The lowest BCUT2D eigenvalue weighted by atomic mass is 10.1. The molecule has 6 heteroatoms. The highest BCUT2D eigenvalue weighted by Crippen LogP contribution is 2.18. The van der Waals surface area contributed by atoms with Crippen molar-refractivity contribution in [2.75, 3.05) is 31.7 Å². The van der Waals surface area contributed by atoms with E-state index in [0.717, 1.165) is 12.8 Å². The van der Waals surface area contributed by atoms with Gasteiger partial charge in [-0.1, -0.05) is 25.5 Å². The number of ether oxygens (including phenoxy) is 2. The number of benzene rings is 2. The summed E-state index contributed by atoms with van der Waals surface area (Å²) in [4.78, 5) is 24.9. The number of carbonyl (C=O) groups excluding carboxylic acids is 2. The van der Waals surface area contributed by atoms with Crippen LogP contribution in [-0.2, 0) is 4.74 Å². The molecule has 0 aromatic heterocycles. The number of carbonyl (C=O) groups is 2. The Labute approximate surface area is 166 Å². The Hall–Kier alpha value is -2.86. The average Bonchev–Trinajstić information content (AvgIpc) is 2.72. The molecule has 0 atom stereocenters. The maximum atomic E-state index is 12.6. The quantitative estimate of drug-likeness (QED) is 0.577. The molecule has 0 aliphatic carbocycles. The highest BCUT2D eigenvalue weighted by Gasteiger charge is 2.13. The molecule has 0 fully saturated rings. The van der Waals surface area contributed by atoms with Gasteiger partial charge in [-0.2, -0.15) is 0 Å². The van der Waals surface area contributed by atoms with Gasteiger partial charge >= 0.3 is 0 Å². The molecule has 0 unspecified atom stereocenters. The Morgan fingerprint density at radius 1 is 0.929 bits per heavy atom. The van der Waals surface area contributed by atoms with Gasteiger partial charge in [0.05, 0.1) is 17.9 Å². The summed E-state index contributed by atoms with van der Waals surface area (Å²) in [6.45, 7) is 6.24. The lowest BCUT2D eigenvalue weighted by molar-refractivity contribution is 0.0954. The van der Waals surface area contributed by atoms with Crippen LogP contribution in [0.1, 0.15) is 47.4 Å². The number of para-hydroxylation sites is 1. The van der Waals surface area contributed by atoms with Crippen LogP contribution in [0.2, 0.25) is 0 Å². The average molecular weight is 384 g/mol. The smallest absolute Gasteiger partial charge is 0.255 e. The monoisotopic (exact) mass is 384 g/mol. The summed E-state index contributed by atoms with van der Waals surface area (Å²) in [6, 6.07) is 13.8. The third kappa shape index (κ3) is 6.70. The molecular formula is C22H28N2O4. The SMILES string of the molecule is CCCCNC(=O)c1ccccc1NC(=O)c1ccc(OCCOCC)cc1. The van der Waals surface area contributed by atoms with Crippen molar-refractivity contribution in [3.8, 4) is 5.75 Å². The van der Waals surface area contributed by atoms with E-state index in [0.29, 0.717) is 48.9 Å². The Morgan fingerprint density at radius 3 is 2.39 bits per heavy atom. The first-order valence-electron chi connectivity index (χ1n) is 9.64. The van der Waals surface area contributed by atoms with Crippen molar-refractivity contribution in [2.24, 2.45) is 0 Å². The van der Waals surface area contributed by atoms with E-state index in [1.807, 2.05) is 6.92 Å². The molecule has 2 amide bonds. The van der Waals surface area contributed by atoms with E-state index in [2.05, 4.69) is 17.6 Å². The number of amides is 2. The van der Waals surface area contributed by atoms with Crippen LogP contribution in [0, 0.1) is 0 Å². The van der Waals surface area contributed by atoms with Crippen molar-refractivity contribution in [3.63, 3.8) is 0 Å². The molecule has 2 aromatic carbocycles. The number of anilines is 1. The highest BCUT2D eigenvalue weighted by atomic mass is 16.5. The maximum Gasteiger partial charge on any atom is 0.255 e. The van der Waals surface area contributed by atoms with Gasteiger partial charge in [0.15, 0.2) is 0 Å². The first-order valence-corrected chi connectivity index (χ1v) is 9.64. The minimum absolute atomic E-state index is 0.192. The summed E-state index contributed by atoms with van der Waals surface area (Å²) in [5.41, 5.74) is 1.42. The number of unbranched alkanes of at least 4 members (excludes halogenated alkanes) is 1. The fraction of sp³-hybridized carbons (Fsp3) is 0.364. The zero-order valence-corrected chi connectivity index (χ0v) is 16.5. The van der Waals surface area contributed by atoms with Crippen LogP contribution in [0.5, 0.6) is 5.75 Å². The van der Waals surface area contributed by atoms with Gasteiger partial charge in [0, 0.05) is 18.7 Å². The first-order chi connectivity index (χ1) is 13.7. The largest absolute Gasteiger partial charge is 0.491 e. The summed E-state index contributed by atoms with van der Waals surface area (Å²) >= 11 is 0. The van der Waals surface area contributed by atoms with Gasteiger partial charge in [-0.05, 0) is 49.7 Å². The second-order valence-corrected chi connectivity index (χ2v) is 6.18. The molecule has 0 aliphatic heterocycles. The second-order valence-electron chi connectivity index (χ2n) is 6.18. The number of hydrogen-bond acceptors (Lipinski definition) is 4. The normalized spacial score (nSPS) is 10.4. The zero-order chi connectivity index (χ0) is 20.2. The van der Waals surface area contributed by atoms with Crippen molar-refractivity contribution < 1.29 is 19.1 Å². The van der Waals surface area contributed by atoms with Crippen LogP contribution in [0.3, 0.4) is 0 Å². The van der Waals surface area contributed by atoms with Gasteiger partial charge in [0.25, 0.3) is 11.8 Å². The molecule has 2 N–H and O–H groups in total. The number of nitrogens with one attached hydrogen (secondary N) is 2. The standard InChI is InChI=1S/C22H28N2O4/c1-3-5-14-23-22(26)19-8-6-7-9-20(19)24-21(25)17-10-12-18(13-11-17)28-16-15-27-4-2/h6-13H,3-5,14-16H2,1-2H3,(H,23,26)(H,24,25). The summed E-state index contributed by atoms with van der Waals surface area (Å²) in [5, 5.41) is 5.69. The van der Waals surface area contributed by atoms with E-state index in [1.54, 1.807) is 48.5 Å². The number of hydrogen-bond donors (Lipinski definition) is 2. The molecule has 0 saturated heterocycles. The van der Waals surface area contributed by atoms with Crippen molar-refractivity contribution in [1.29, 1.82) is 0 Å². The third-order valence-corrected chi connectivity index (χ3v) is 4.05. The molecule has 0 heterocycles. The Kier molecular flexibility index (Phi) is 9.01. The van der Waals surface area contributed by atoms with Crippen molar-refractivity contribution >= 4 is 17.5 Å². The van der Waals surface area contributed by atoms with Crippen LogP contribution in [0.25, 0.3) is 0 Å². The minimum Gasteiger partial charge on any atom is -0.491 e. The Bertz CT molecular complexity index is 759. The predicted octanol–water partition coefficient (Wildman–Crippen LogP) is 3.88. The molecule has 0 saturated carbocycles. The molecule has 150 valence electrons. The molecule has 0 aliphatic rings. The lowest BCUT2D eigenvalue weighted by Gasteiger charge is -2.12. The van der Waals surface area contributed by atoms with Gasteiger partial charge in [-0.3, -0.25) is 9.59 Å². The fourth-order valence-electron chi connectivity index (χ4n) is 2.52.